The third-order valence-corrected chi connectivity index (χ3v) is 23.5. The van der Waals surface area contributed by atoms with Gasteiger partial charge in [0.1, 0.15) is 0 Å². The molecule has 18 aromatic rings. The summed E-state index contributed by atoms with van der Waals surface area (Å²) in [6.45, 7) is 12.4. The van der Waals surface area contributed by atoms with Crippen LogP contribution in [-0.4, -0.2) is 33.6 Å². The van der Waals surface area contributed by atoms with Crippen molar-refractivity contribution in [2.75, 3.05) is 9.80 Å². The number of fused-ring (bicyclic) bond motifs is 8. The molecule has 1 N–H and O–H groups in total. The summed E-state index contributed by atoms with van der Waals surface area (Å²) in [6.07, 6.45) is 11.0. The van der Waals surface area contributed by atoms with Crippen molar-refractivity contribution in [3.8, 4) is 55.9 Å². The predicted octanol–water partition coefficient (Wildman–Crippen LogP) is 29.7. The summed E-state index contributed by atoms with van der Waals surface area (Å²) in [5, 5.41) is 5.04. The van der Waals surface area contributed by atoms with Crippen molar-refractivity contribution < 1.29 is 4.70 Å². The number of nitrogens with one attached hydrogen (secondary N) is 1. The van der Waals surface area contributed by atoms with Crippen molar-refractivity contribution in [1.82, 2.24) is 9.13 Å². The van der Waals surface area contributed by atoms with Gasteiger partial charge in [0.05, 0.1) is 22.1 Å². The molecule has 0 saturated heterocycles. The molecule has 2 aromatic heterocycles. The Morgan fingerprint density at radius 3 is 0.958 bits per heavy atom. The van der Waals surface area contributed by atoms with Crippen LogP contribution in [0.15, 0.2) is 401 Å². The van der Waals surface area contributed by atoms with Gasteiger partial charge in [0.15, 0.2) is 0 Å². The molecule has 0 saturated carbocycles. The van der Waals surface area contributed by atoms with Gasteiger partial charge >= 0.3 is 20.4 Å². The van der Waals surface area contributed by atoms with E-state index in [1.807, 2.05) is 12.2 Å². The summed E-state index contributed by atoms with van der Waals surface area (Å²) in [5.41, 5.74) is 35.3. The molecule has 4 radical (unpaired) electrons. The molecule has 16 aromatic carbocycles. The van der Waals surface area contributed by atoms with E-state index in [-0.39, 0.29) is 13.1 Å². The Morgan fingerprint density at radius 2 is 0.602 bits per heavy atom. The molecule has 8 heteroatoms. The summed E-state index contributed by atoms with van der Waals surface area (Å²) in [7, 11) is 0. The van der Waals surface area contributed by atoms with E-state index in [2.05, 4.69) is 434 Å². The number of anilines is 6. The molecule has 2 heterocycles. The zero-order valence-electron chi connectivity index (χ0n) is 66.8. The van der Waals surface area contributed by atoms with Crippen molar-refractivity contribution in [3.63, 3.8) is 0 Å². The molecular weight excluding hydrogens is 1450 g/mol. The minimum absolute atomic E-state index is 0. The second-order valence-electron chi connectivity index (χ2n) is 30.3. The number of benzene rings is 16. The van der Waals surface area contributed by atoms with Crippen molar-refractivity contribution in [1.29, 1.82) is 4.35 Å². The van der Waals surface area contributed by atoms with Crippen LogP contribution in [0.5, 0.6) is 0 Å². The van der Waals surface area contributed by atoms with Crippen LogP contribution in [0, 0.1) is 4.35 Å². The Morgan fingerprint density at radius 1 is 0.314 bits per heavy atom. The second-order valence-corrected chi connectivity index (χ2v) is 30.3. The molecular formula is C110H92AlBFN5. The molecule has 0 fully saturated rings. The van der Waals surface area contributed by atoms with Gasteiger partial charge in [0.25, 0.3) is 0 Å². The number of halogens is 1. The molecule has 0 aliphatic heterocycles. The zero-order chi connectivity index (χ0) is 78.9. The molecule has 0 bridgehead atoms. The van der Waals surface area contributed by atoms with Crippen LogP contribution in [0.4, 0.5) is 38.8 Å². The average Bonchev–Trinajstić information content (AvgIpc) is 1.59. The molecule has 118 heavy (non-hydrogen) atoms. The number of para-hydroxylation sites is 6. The van der Waals surface area contributed by atoms with Crippen molar-refractivity contribution >= 4 is 114 Å². The van der Waals surface area contributed by atoms with Crippen molar-refractivity contribution in [2.45, 2.75) is 64.2 Å². The fourth-order valence-electron chi connectivity index (χ4n) is 17.0. The monoisotopic (exact) mass is 1540 g/mol. The quantitative estimate of drug-likeness (QED) is 0.0820. The van der Waals surface area contributed by atoms with Crippen LogP contribution in [0.2, 0.25) is 0 Å². The van der Waals surface area contributed by atoms with Crippen molar-refractivity contribution in [3.05, 3.63) is 446 Å². The summed E-state index contributed by atoms with van der Waals surface area (Å²) >= 11 is 1.67. The van der Waals surface area contributed by atoms with Gasteiger partial charge < -0.3 is 18.9 Å². The zero-order valence-corrected chi connectivity index (χ0v) is 67.9. The first kappa shape index (κ1) is 79.7. The molecule has 2 aliphatic carbocycles. The fourth-order valence-corrected chi connectivity index (χ4v) is 17.0. The predicted molar refractivity (Wildman–Crippen MR) is 503 cm³/mol. The first-order valence-electron chi connectivity index (χ1n) is 40.5. The van der Waals surface area contributed by atoms with E-state index in [0.29, 0.717) is 11.8 Å². The van der Waals surface area contributed by atoms with Gasteiger partial charge in [-0.15, -0.1) is 0 Å². The number of aryl methyl sites for hydroxylation is 4. The number of hydrogen-bond acceptors (Lipinski definition) is 3. The third kappa shape index (κ3) is 16.6. The topological polar surface area (TPSA) is 40.2 Å². The van der Waals surface area contributed by atoms with Gasteiger partial charge in [0, 0.05) is 75.5 Å². The summed E-state index contributed by atoms with van der Waals surface area (Å²) in [6, 6.07) is 141. The van der Waals surface area contributed by atoms with Gasteiger partial charge in [-0.25, -0.2) is 0 Å². The number of nitrogens with zero attached hydrogens (tertiary/aromatic N) is 4. The van der Waals surface area contributed by atoms with E-state index in [1.54, 1.807) is 16.1 Å². The van der Waals surface area contributed by atoms with Crippen LogP contribution < -0.4 is 9.80 Å². The van der Waals surface area contributed by atoms with E-state index in [1.165, 1.54) is 158 Å². The van der Waals surface area contributed by atoms with Crippen LogP contribution in [-0.2, 0) is 25.7 Å². The average molecular weight is 1540 g/mol. The van der Waals surface area contributed by atoms with E-state index in [0.717, 1.165) is 58.2 Å². The van der Waals surface area contributed by atoms with Gasteiger partial charge in [-0.3, -0.25) is 4.70 Å². The summed E-state index contributed by atoms with van der Waals surface area (Å²) in [5.74, 6) is 0.973. The molecule has 0 amide bonds. The van der Waals surface area contributed by atoms with Gasteiger partial charge in [-0.05, 0) is 273 Å². The molecule has 2 aliphatic rings. The molecule has 2 unspecified atom stereocenters. The van der Waals surface area contributed by atoms with Crippen LogP contribution in [0.3, 0.4) is 0 Å². The molecule has 2 atom stereocenters. The standard InChI is InChI=1S/C56H48N2.C38H28N2.C16H14.Al.B.FH.HN/c1-3-40(42-18-20-43(21-19-42)46-24-22-44-23-25-47(44)37-46)36-39(2)41-26-31-52(32-27-41)58-55-17-11-10-16-53(55)54-38-48(30-35-56(54)58)45-28-33-51(34-29-45)57(49-12-6-4-7-13-49)50-14-8-5-9-15-50;1-2-28-17-22-34(23-18-28)40-37-16-10-9-15-35(37)36-27-30(21-26-38(36)40)29-19-24-33(25-20-29)39(31-11-5-3-6-12-31)32-13-7-4-8-14-32;1-2-12-3-5-13(6-4-12)15-9-7-14-8-10-16(14)11-15;;;;/h4-22,24,26-35,37-40H,3,23,25,36H2,1-2H3;2-27H,1H2;2-7,9,11H,1,8,10H2;;;2*1H. The van der Waals surface area contributed by atoms with Crippen LogP contribution >= 0.6 is 0 Å². The van der Waals surface area contributed by atoms with Gasteiger partial charge in [0.2, 0.25) is 0 Å². The maximum absolute atomic E-state index is 5.67. The van der Waals surface area contributed by atoms with E-state index >= 15 is 0 Å². The van der Waals surface area contributed by atoms with Crippen molar-refractivity contribution in [2.24, 2.45) is 0 Å². The third-order valence-electron chi connectivity index (χ3n) is 23.5. The first-order valence-corrected chi connectivity index (χ1v) is 41.1. The molecule has 5 nitrogen and oxygen atoms in total. The van der Waals surface area contributed by atoms with Crippen LogP contribution in [0.25, 0.3) is 112 Å². The maximum atomic E-state index is 5.67. The summed E-state index contributed by atoms with van der Waals surface area (Å²) < 4.78 is 10.4. The molecule has 0 spiro atoms. The van der Waals surface area contributed by atoms with Crippen LogP contribution in [0.1, 0.15) is 83.0 Å². The Hall–Kier alpha value is -13.5. The Kier molecular flexibility index (Phi) is 24.7. The van der Waals surface area contributed by atoms with E-state index in [4.69, 9.17) is 4.35 Å². The second kappa shape index (κ2) is 36.6. The van der Waals surface area contributed by atoms with Gasteiger partial charge in [-0.1, -0.05) is 294 Å². The number of aromatic nitrogens is 2. The Labute approximate surface area is 703 Å². The summed E-state index contributed by atoms with van der Waals surface area (Å²) in [4.78, 5) is 4.60. The Bertz CT molecular complexity index is 6390. The number of hydrogen-bond donors (Lipinski definition) is 1. The minimum atomic E-state index is 0. The van der Waals surface area contributed by atoms with Gasteiger partial charge in [-0.2, -0.15) is 0 Å². The van der Waals surface area contributed by atoms with E-state index < -0.39 is 0 Å². The number of rotatable bonds is 19. The first-order chi connectivity index (χ1) is 57.3. The molecule has 570 valence electrons. The normalized spacial score (nSPS) is 12.0. The fraction of sp³-hybridized carbons (Fsp3) is 0.0909. The Balaban J connectivity index is 0.000000156. The van der Waals surface area contributed by atoms with E-state index in [9.17, 15) is 0 Å². The molecule has 20 rings (SSSR count). The SMILES string of the molecule is C=Cc1ccc(-c2ccc3c(c2)CC3)cc1.C=Cc1ccc(-n2c3ccccc3c3cc(-c4ccc(N(c5ccccc5)c5ccccc5)cc4)ccc32)cc1.CCC(CC(C)c1ccc(-n2c3ccccc3c3cc(-c4ccc(N(c5ccccc5)c5ccccc5)cc4)ccc32)cc1)c1ccc(-c2ccc3c(c2)CC3)cc1.F.[B].[NH]=[Al].